The number of amides is 1. The van der Waals surface area contributed by atoms with Crippen LogP contribution in [0.3, 0.4) is 0 Å². The van der Waals surface area contributed by atoms with Crippen LogP contribution in [0.1, 0.15) is 25.3 Å². The highest BCUT2D eigenvalue weighted by Gasteiger charge is 2.02. The van der Waals surface area contributed by atoms with Crippen LogP contribution >= 0.6 is 11.6 Å². The zero-order chi connectivity index (χ0) is 12.7. The Hall–Kier alpha value is -1.06. The summed E-state index contributed by atoms with van der Waals surface area (Å²) in [7, 11) is 0. The van der Waals surface area contributed by atoms with Crippen molar-refractivity contribution in [3.05, 3.63) is 34.9 Å². The maximum atomic E-state index is 11.4. The van der Waals surface area contributed by atoms with Crippen molar-refractivity contribution in [2.45, 2.75) is 32.2 Å². The second-order valence-corrected chi connectivity index (χ2v) is 4.70. The van der Waals surface area contributed by atoms with Crippen molar-refractivity contribution in [3.8, 4) is 0 Å². The first kappa shape index (κ1) is 14.0. The average Bonchev–Trinajstić information content (AvgIpc) is 2.29. The maximum absolute atomic E-state index is 11.4. The molecule has 0 aliphatic heterocycles. The van der Waals surface area contributed by atoms with Crippen LogP contribution in [-0.2, 0) is 11.2 Å². The lowest BCUT2D eigenvalue weighted by Crippen LogP contribution is -2.35. The predicted molar refractivity (Wildman–Crippen MR) is 71.0 cm³/mol. The van der Waals surface area contributed by atoms with E-state index in [9.17, 15) is 4.79 Å². The van der Waals surface area contributed by atoms with Gasteiger partial charge >= 0.3 is 0 Å². The maximum Gasteiger partial charge on any atom is 0.220 e. The Bertz CT molecular complexity index is 349. The number of aryl methyl sites for hydroxylation is 1. The molecule has 1 aromatic carbocycles. The first-order chi connectivity index (χ1) is 8.08. The van der Waals surface area contributed by atoms with Gasteiger partial charge in [-0.1, -0.05) is 23.7 Å². The molecule has 0 spiro atoms. The smallest absolute Gasteiger partial charge is 0.220 e. The summed E-state index contributed by atoms with van der Waals surface area (Å²) in [6.45, 7) is 2.41. The second kappa shape index (κ2) is 7.30. The zero-order valence-electron chi connectivity index (χ0n) is 10.1. The van der Waals surface area contributed by atoms with Crippen molar-refractivity contribution >= 4 is 17.5 Å². The zero-order valence-corrected chi connectivity index (χ0v) is 10.8. The van der Waals surface area contributed by atoms with Gasteiger partial charge in [0.05, 0.1) is 0 Å². The molecular weight excluding hydrogens is 236 g/mol. The normalized spacial score (nSPS) is 12.2. The molecular formula is C13H19ClN2O. The quantitative estimate of drug-likeness (QED) is 0.817. The lowest BCUT2D eigenvalue weighted by molar-refractivity contribution is -0.121. The summed E-state index contributed by atoms with van der Waals surface area (Å²) < 4.78 is 0. The highest BCUT2D eigenvalue weighted by molar-refractivity contribution is 6.30. The van der Waals surface area contributed by atoms with E-state index in [0.717, 1.165) is 17.9 Å². The van der Waals surface area contributed by atoms with Gasteiger partial charge in [-0.25, -0.2) is 0 Å². The largest absolute Gasteiger partial charge is 0.355 e. The van der Waals surface area contributed by atoms with Gasteiger partial charge in [-0.3, -0.25) is 4.79 Å². The number of hydrogen-bond acceptors (Lipinski definition) is 2. The number of nitrogens with two attached hydrogens (primary N) is 1. The summed E-state index contributed by atoms with van der Waals surface area (Å²) in [6, 6.07) is 7.72. The molecule has 1 amide bonds. The Morgan fingerprint density at radius 3 is 2.65 bits per heavy atom. The molecule has 0 radical (unpaired) electrons. The SMILES string of the molecule is CC(N)CNC(=O)CCCc1ccc(Cl)cc1. The molecule has 0 saturated carbocycles. The molecule has 1 rings (SSSR count). The number of carbonyl (C=O) groups is 1. The molecule has 94 valence electrons. The van der Waals surface area contributed by atoms with Crippen molar-refractivity contribution in [2.24, 2.45) is 5.73 Å². The molecule has 1 unspecified atom stereocenters. The van der Waals surface area contributed by atoms with Crippen molar-refractivity contribution in [1.29, 1.82) is 0 Å². The third-order valence-corrected chi connectivity index (χ3v) is 2.66. The number of nitrogens with one attached hydrogen (secondary N) is 1. The molecule has 3 N–H and O–H groups in total. The monoisotopic (exact) mass is 254 g/mol. The molecule has 1 atom stereocenters. The number of carbonyl (C=O) groups excluding carboxylic acids is 1. The van der Waals surface area contributed by atoms with E-state index >= 15 is 0 Å². The molecule has 0 aromatic heterocycles. The second-order valence-electron chi connectivity index (χ2n) is 4.26. The number of hydrogen-bond donors (Lipinski definition) is 2. The summed E-state index contributed by atoms with van der Waals surface area (Å²) >= 11 is 5.79. The van der Waals surface area contributed by atoms with Crippen LogP contribution in [0.5, 0.6) is 0 Å². The van der Waals surface area contributed by atoms with Gasteiger partial charge in [0.25, 0.3) is 0 Å². The summed E-state index contributed by atoms with van der Waals surface area (Å²) in [5.41, 5.74) is 6.75. The van der Waals surface area contributed by atoms with Crippen molar-refractivity contribution in [3.63, 3.8) is 0 Å². The molecule has 0 aliphatic rings. The number of halogens is 1. The number of rotatable bonds is 6. The van der Waals surface area contributed by atoms with E-state index in [0.29, 0.717) is 13.0 Å². The van der Waals surface area contributed by atoms with Gasteiger partial charge in [-0.2, -0.15) is 0 Å². The van der Waals surface area contributed by atoms with Gasteiger partial charge in [-0.05, 0) is 37.5 Å². The Morgan fingerprint density at radius 2 is 2.06 bits per heavy atom. The minimum Gasteiger partial charge on any atom is -0.355 e. The van der Waals surface area contributed by atoms with Crippen LogP contribution in [0.2, 0.25) is 5.02 Å². The first-order valence-electron chi connectivity index (χ1n) is 5.84. The number of benzene rings is 1. The van der Waals surface area contributed by atoms with Gasteiger partial charge in [0.2, 0.25) is 5.91 Å². The van der Waals surface area contributed by atoms with Gasteiger partial charge in [0.15, 0.2) is 0 Å². The Labute approximate surface area is 107 Å². The minimum absolute atomic E-state index is 0.00946. The van der Waals surface area contributed by atoms with Gasteiger partial charge in [0, 0.05) is 24.0 Å². The van der Waals surface area contributed by atoms with E-state index < -0.39 is 0 Å². The van der Waals surface area contributed by atoms with Crippen LogP contribution in [0.25, 0.3) is 0 Å². The molecule has 4 heteroatoms. The molecule has 3 nitrogen and oxygen atoms in total. The molecule has 0 saturated heterocycles. The van der Waals surface area contributed by atoms with Crippen molar-refractivity contribution in [2.75, 3.05) is 6.54 Å². The van der Waals surface area contributed by atoms with E-state index in [2.05, 4.69) is 5.32 Å². The Kier molecular flexibility index (Phi) is 6.01. The molecule has 17 heavy (non-hydrogen) atoms. The van der Waals surface area contributed by atoms with Gasteiger partial charge in [0.1, 0.15) is 0 Å². The van der Waals surface area contributed by atoms with E-state index in [1.165, 1.54) is 5.56 Å². The van der Waals surface area contributed by atoms with Gasteiger partial charge < -0.3 is 11.1 Å². The molecule has 0 heterocycles. The predicted octanol–water partition coefficient (Wildman–Crippen LogP) is 2.13. The fourth-order valence-electron chi connectivity index (χ4n) is 1.47. The molecule has 0 bridgehead atoms. The topological polar surface area (TPSA) is 55.1 Å². The van der Waals surface area contributed by atoms with Crippen LogP contribution in [0.4, 0.5) is 0 Å². The third kappa shape index (κ3) is 6.29. The van der Waals surface area contributed by atoms with E-state index in [4.69, 9.17) is 17.3 Å². The fraction of sp³-hybridized carbons (Fsp3) is 0.462. The standard InChI is InChI=1S/C13H19ClN2O/c1-10(15)9-16-13(17)4-2-3-11-5-7-12(14)8-6-11/h5-8,10H,2-4,9,15H2,1H3,(H,16,17). The van der Waals surface area contributed by atoms with E-state index in [1.807, 2.05) is 31.2 Å². The summed E-state index contributed by atoms with van der Waals surface area (Å²) in [5, 5.41) is 3.53. The third-order valence-electron chi connectivity index (χ3n) is 2.40. The highest BCUT2D eigenvalue weighted by Crippen LogP contribution is 2.11. The summed E-state index contributed by atoms with van der Waals surface area (Å²) in [4.78, 5) is 11.4. The summed E-state index contributed by atoms with van der Waals surface area (Å²) in [5.74, 6) is 0.0660. The minimum atomic E-state index is 0.00946. The molecule has 0 fully saturated rings. The van der Waals surface area contributed by atoms with Crippen LogP contribution in [0.15, 0.2) is 24.3 Å². The van der Waals surface area contributed by atoms with Crippen molar-refractivity contribution in [1.82, 2.24) is 5.32 Å². The van der Waals surface area contributed by atoms with Crippen LogP contribution < -0.4 is 11.1 Å². The fourth-order valence-corrected chi connectivity index (χ4v) is 1.59. The van der Waals surface area contributed by atoms with E-state index in [1.54, 1.807) is 0 Å². The van der Waals surface area contributed by atoms with Crippen LogP contribution in [-0.4, -0.2) is 18.5 Å². The van der Waals surface area contributed by atoms with Crippen LogP contribution in [0, 0.1) is 0 Å². The lowest BCUT2D eigenvalue weighted by atomic mass is 10.1. The van der Waals surface area contributed by atoms with Crippen molar-refractivity contribution < 1.29 is 4.79 Å². The summed E-state index contributed by atoms with van der Waals surface area (Å²) in [6.07, 6.45) is 2.27. The Balaban J connectivity index is 2.19. The Morgan fingerprint density at radius 1 is 1.41 bits per heavy atom. The molecule has 1 aromatic rings. The first-order valence-corrected chi connectivity index (χ1v) is 6.22. The molecule has 0 aliphatic carbocycles. The van der Waals surface area contributed by atoms with Gasteiger partial charge in [-0.15, -0.1) is 0 Å². The highest BCUT2D eigenvalue weighted by atomic mass is 35.5. The lowest BCUT2D eigenvalue weighted by Gasteiger charge is -2.07. The average molecular weight is 255 g/mol. The van der Waals surface area contributed by atoms with E-state index in [-0.39, 0.29) is 11.9 Å².